The lowest BCUT2D eigenvalue weighted by Crippen LogP contribution is -2.06. The van der Waals surface area contributed by atoms with Crippen molar-refractivity contribution in [3.63, 3.8) is 0 Å². The van der Waals surface area contributed by atoms with Gasteiger partial charge in [0.15, 0.2) is 0 Å². The summed E-state index contributed by atoms with van der Waals surface area (Å²) >= 11 is 5.63. The van der Waals surface area contributed by atoms with Gasteiger partial charge in [0.1, 0.15) is 12.1 Å². The minimum Gasteiger partial charge on any atom is -0.481 e. The van der Waals surface area contributed by atoms with Gasteiger partial charge in [-0.1, -0.05) is 11.6 Å². The molecule has 0 aliphatic heterocycles. The summed E-state index contributed by atoms with van der Waals surface area (Å²) in [5, 5.41) is 3.12. The van der Waals surface area contributed by atoms with Crippen molar-refractivity contribution in [1.82, 2.24) is 9.97 Å². The van der Waals surface area contributed by atoms with Gasteiger partial charge in [-0.05, 0) is 18.2 Å². The van der Waals surface area contributed by atoms with E-state index in [1.807, 2.05) is 0 Å². The molecule has 0 radical (unpaired) electrons. The maximum Gasteiger partial charge on any atom is 0.225 e. The number of hydrogen-bond donors (Lipinski definition) is 1. The summed E-state index contributed by atoms with van der Waals surface area (Å²) in [6, 6.07) is 4.47. The molecule has 7 heteroatoms. The molecule has 1 aromatic carbocycles. The third-order valence-corrected chi connectivity index (χ3v) is 2.95. The van der Waals surface area contributed by atoms with Gasteiger partial charge in [0.05, 0.1) is 31.4 Å². The molecule has 2 rings (SSSR count). The van der Waals surface area contributed by atoms with E-state index >= 15 is 0 Å². The van der Waals surface area contributed by atoms with Crippen LogP contribution in [0.3, 0.4) is 0 Å². The molecule has 1 N–H and O–H groups in total. The average Bonchev–Trinajstić information content (AvgIpc) is 2.48. The summed E-state index contributed by atoms with van der Waals surface area (Å²) in [5.74, 6) is 0.317. The molecule has 0 spiro atoms. The summed E-state index contributed by atoms with van der Waals surface area (Å²) in [7, 11) is 3.01. The highest BCUT2D eigenvalue weighted by Crippen LogP contribution is 2.25. The Hall–Kier alpha value is -2.08. The average molecular weight is 298 g/mol. The van der Waals surface area contributed by atoms with Crippen LogP contribution >= 0.6 is 11.6 Å². The molecule has 0 amide bonds. The lowest BCUT2D eigenvalue weighted by molar-refractivity contribution is 0.363. The van der Waals surface area contributed by atoms with Crippen molar-refractivity contribution in [3.05, 3.63) is 40.9 Å². The smallest absolute Gasteiger partial charge is 0.225 e. The number of halogens is 2. The topological polar surface area (TPSA) is 56.3 Å². The zero-order valence-electron chi connectivity index (χ0n) is 11.0. The second kappa shape index (κ2) is 6.38. The number of nitrogens with zero attached hydrogens (tertiary/aromatic N) is 2. The Morgan fingerprint density at radius 3 is 2.40 bits per heavy atom. The second-order valence-electron chi connectivity index (χ2n) is 3.85. The van der Waals surface area contributed by atoms with Gasteiger partial charge < -0.3 is 14.8 Å². The van der Waals surface area contributed by atoms with Gasteiger partial charge in [-0.25, -0.2) is 14.4 Å². The largest absolute Gasteiger partial charge is 0.481 e. The maximum absolute atomic E-state index is 13.3. The molecular weight excluding hydrogens is 285 g/mol. The van der Waals surface area contributed by atoms with E-state index in [4.69, 9.17) is 21.1 Å². The standard InChI is InChI=1S/C13H13ClFN3O2/c1-19-12-9(13(20-2)18-7-17-12)6-16-8-3-4-10(14)11(15)5-8/h3-5,7,16H,6H2,1-2H3. The quantitative estimate of drug-likeness (QED) is 0.919. The predicted molar refractivity (Wildman–Crippen MR) is 73.9 cm³/mol. The third-order valence-electron chi connectivity index (χ3n) is 2.64. The maximum atomic E-state index is 13.3. The Kier molecular flexibility index (Phi) is 4.57. The Labute approximate surface area is 120 Å². The zero-order valence-corrected chi connectivity index (χ0v) is 11.7. The predicted octanol–water partition coefficient (Wildman–Crippen LogP) is 2.90. The molecule has 0 saturated heterocycles. The molecule has 0 saturated carbocycles. The van der Waals surface area contributed by atoms with Gasteiger partial charge >= 0.3 is 0 Å². The Morgan fingerprint density at radius 2 is 1.85 bits per heavy atom. The minimum atomic E-state index is -0.486. The Morgan fingerprint density at radius 1 is 1.20 bits per heavy atom. The normalized spacial score (nSPS) is 10.2. The fourth-order valence-corrected chi connectivity index (χ4v) is 1.80. The monoisotopic (exact) mass is 297 g/mol. The number of methoxy groups -OCH3 is 2. The molecule has 2 aromatic rings. The highest BCUT2D eigenvalue weighted by molar-refractivity contribution is 6.30. The van der Waals surface area contributed by atoms with E-state index < -0.39 is 5.82 Å². The Balaban J connectivity index is 2.19. The van der Waals surface area contributed by atoms with Crippen LogP contribution in [0.25, 0.3) is 0 Å². The summed E-state index contributed by atoms with van der Waals surface area (Å²) in [5.41, 5.74) is 1.23. The molecule has 106 valence electrons. The molecule has 0 bridgehead atoms. The number of anilines is 1. The fraction of sp³-hybridized carbons (Fsp3) is 0.231. The zero-order chi connectivity index (χ0) is 14.5. The number of benzene rings is 1. The van der Waals surface area contributed by atoms with Gasteiger partial charge in [0.2, 0.25) is 11.8 Å². The summed E-state index contributed by atoms with van der Waals surface area (Å²) < 4.78 is 23.7. The van der Waals surface area contributed by atoms with Crippen LogP contribution in [0.5, 0.6) is 11.8 Å². The number of nitrogens with one attached hydrogen (secondary N) is 1. The summed E-state index contributed by atoms with van der Waals surface area (Å²) in [6.07, 6.45) is 1.35. The number of ether oxygens (including phenoxy) is 2. The Bertz CT molecular complexity index is 588. The summed E-state index contributed by atoms with van der Waals surface area (Å²) in [6.45, 7) is 0.328. The lowest BCUT2D eigenvalue weighted by atomic mass is 10.2. The van der Waals surface area contributed by atoms with E-state index in [9.17, 15) is 4.39 Å². The molecule has 1 aromatic heterocycles. The molecule has 1 heterocycles. The van der Waals surface area contributed by atoms with E-state index in [2.05, 4.69) is 15.3 Å². The van der Waals surface area contributed by atoms with Crippen molar-refractivity contribution in [3.8, 4) is 11.8 Å². The second-order valence-corrected chi connectivity index (χ2v) is 4.26. The van der Waals surface area contributed by atoms with E-state index in [-0.39, 0.29) is 5.02 Å². The number of hydrogen-bond acceptors (Lipinski definition) is 5. The van der Waals surface area contributed by atoms with E-state index in [1.54, 1.807) is 6.07 Å². The first-order chi connectivity index (χ1) is 9.65. The van der Waals surface area contributed by atoms with Crippen molar-refractivity contribution in [2.75, 3.05) is 19.5 Å². The summed E-state index contributed by atoms with van der Waals surface area (Å²) in [4.78, 5) is 8.00. The first kappa shape index (κ1) is 14.3. The lowest BCUT2D eigenvalue weighted by Gasteiger charge is -2.12. The van der Waals surface area contributed by atoms with Crippen LogP contribution in [0.4, 0.5) is 10.1 Å². The number of rotatable bonds is 5. The van der Waals surface area contributed by atoms with E-state index in [0.29, 0.717) is 29.6 Å². The first-order valence-corrected chi connectivity index (χ1v) is 6.14. The molecule has 20 heavy (non-hydrogen) atoms. The molecule has 0 aliphatic rings. The molecule has 0 fully saturated rings. The van der Waals surface area contributed by atoms with Crippen molar-refractivity contribution in [2.45, 2.75) is 6.54 Å². The first-order valence-electron chi connectivity index (χ1n) is 5.76. The highest BCUT2D eigenvalue weighted by Gasteiger charge is 2.12. The van der Waals surface area contributed by atoms with Crippen LogP contribution in [0, 0.1) is 5.82 Å². The molecule has 0 aliphatic carbocycles. The van der Waals surface area contributed by atoms with Crippen LogP contribution in [0.1, 0.15) is 5.56 Å². The van der Waals surface area contributed by atoms with E-state index in [1.165, 1.54) is 32.7 Å². The van der Waals surface area contributed by atoms with Crippen molar-refractivity contribution in [2.24, 2.45) is 0 Å². The number of aromatic nitrogens is 2. The fourth-order valence-electron chi connectivity index (χ4n) is 1.68. The molecule has 5 nitrogen and oxygen atoms in total. The van der Waals surface area contributed by atoms with Crippen LogP contribution in [0.15, 0.2) is 24.5 Å². The minimum absolute atomic E-state index is 0.0776. The SMILES string of the molecule is COc1ncnc(OC)c1CNc1ccc(Cl)c(F)c1. The molecule has 0 unspecified atom stereocenters. The molecular formula is C13H13ClFN3O2. The van der Waals surface area contributed by atoms with Gasteiger partial charge in [-0.2, -0.15) is 0 Å². The van der Waals surface area contributed by atoms with Gasteiger partial charge in [-0.3, -0.25) is 0 Å². The van der Waals surface area contributed by atoms with Crippen LogP contribution < -0.4 is 14.8 Å². The van der Waals surface area contributed by atoms with E-state index in [0.717, 1.165) is 0 Å². The van der Waals surface area contributed by atoms with Crippen LogP contribution in [0.2, 0.25) is 5.02 Å². The van der Waals surface area contributed by atoms with Gasteiger partial charge in [-0.15, -0.1) is 0 Å². The van der Waals surface area contributed by atoms with Gasteiger partial charge in [0.25, 0.3) is 0 Å². The van der Waals surface area contributed by atoms with Crippen LogP contribution in [-0.2, 0) is 6.54 Å². The third kappa shape index (κ3) is 3.08. The highest BCUT2D eigenvalue weighted by atomic mass is 35.5. The van der Waals surface area contributed by atoms with Crippen molar-refractivity contribution in [1.29, 1.82) is 0 Å². The van der Waals surface area contributed by atoms with Crippen molar-refractivity contribution < 1.29 is 13.9 Å². The molecule has 0 atom stereocenters. The van der Waals surface area contributed by atoms with Gasteiger partial charge in [0, 0.05) is 5.69 Å². The van der Waals surface area contributed by atoms with Crippen molar-refractivity contribution >= 4 is 17.3 Å². The van der Waals surface area contributed by atoms with Crippen LogP contribution in [-0.4, -0.2) is 24.2 Å².